The number of hydrogen-bond acceptors (Lipinski definition) is 8. The van der Waals surface area contributed by atoms with Crippen LogP contribution in [0.25, 0.3) is 0 Å². The van der Waals surface area contributed by atoms with Crippen LogP contribution in [0.3, 0.4) is 0 Å². The van der Waals surface area contributed by atoms with Gasteiger partial charge < -0.3 is 20.3 Å². The topological polar surface area (TPSA) is 112 Å². The van der Waals surface area contributed by atoms with Crippen molar-refractivity contribution in [3.8, 4) is 5.88 Å². The summed E-state index contributed by atoms with van der Waals surface area (Å²) in [4.78, 5) is 12.1. The van der Waals surface area contributed by atoms with Gasteiger partial charge in [-0.2, -0.15) is 4.98 Å². The van der Waals surface area contributed by atoms with Gasteiger partial charge in [0.1, 0.15) is 12.1 Å². The summed E-state index contributed by atoms with van der Waals surface area (Å²) in [5.74, 6) is 2.24. The molecule has 0 spiro atoms. The van der Waals surface area contributed by atoms with Crippen LogP contribution in [0.2, 0.25) is 0 Å². The highest BCUT2D eigenvalue weighted by molar-refractivity contribution is 5.44. The fourth-order valence-electron chi connectivity index (χ4n) is 1.77. The Kier molecular flexibility index (Phi) is 4.83. The van der Waals surface area contributed by atoms with E-state index in [0.717, 1.165) is 24.9 Å². The number of nitrogens with one attached hydrogen (secondary N) is 1. The highest BCUT2D eigenvalue weighted by atomic mass is 16.5. The summed E-state index contributed by atoms with van der Waals surface area (Å²) in [6.45, 7) is 3.15. The largest absolute Gasteiger partial charge is 0.481 e. The molecule has 0 unspecified atom stereocenters. The molecule has 0 fully saturated rings. The summed E-state index contributed by atoms with van der Waals surface area (Å²) >= 11 is 0. The average Bonchev–Trinajstić information content (AvgIpc) is 2.85. The van der Waals surface area contributed by atoms with Gasteiger partial charge in [-0.1, -0.05) is 5.16 Å². The fraction of sp³-hybridized carbons (Fsp3) is 0.500. The lowest BCUT2D eigenvalue weighted by atomic mass is 10.2. The Bertz CT molecular complexity index is 557. The molecule has 0 bridgehead atoms. The van der Waals surface area contributed by atoms with E-state index in [4.69, 9.17) is 15.0 Å². The van der Waals surface area contributed by atoms with Crippen LogP contribution in [0.5, 0.6) is 5.88 Å². The Morgan fingerprint density at radius 2 is 2.25 bits per heavy atom. The Balaban J connectivity index is 1.76. The lowest BCUT2D eigenvalue weighted by Crippen LogP contribution is -2.18. The van der Waals surface area contributed by atoms with Gasteiger partial charge in [-0.25, -0.2) is 9.97 Å². The maximum absolute atomic E-state index is 5.80. The number of nitrogens with zero attached hydrogens (tertiary/aromatic N) is 4. The van der Waals surface area contributed by atoms with Gasteiger partial charge in [0.25, 0.3) is 0 Å². The number of hydrogen-bond donors (Lipinski definition) is 2. The second-order valence-corrected chi connectivity index (χ2v) is 4.26. The number of ether oxygens (including phenoxy) is 1. The summed E-state index contributed by atoms with van der Waals surface area (Å²) in [5.41, 5.74) is 6.57. The normalized spacial score (nSPS) is 10.7. The zero-order valence-electron chi connectivity index (χ0n) is 11.6. The molecule has 8 heteroatoms. The van der Waals surface area contributed by atoms with Crippen molar-refractivity contribution in [3.05, 3.63) is 23.6 Å². The SMILES string of the molecule is COc1ncnc(N)c1CNCCCc1nc(C)no1. The minimum atomic E-state index is 0.428. The second-order valence-electron chi connectivity index (χ2n) is 4.26. The number of rotatable bonds is 7. The molecule has 2 aromatic rings. The Hall–Kier alpha value is -2.22. The summed E-state index contributed by atoms with van der Waals surface area (Å²) in [5, 5.41) is 7.01. The van der Waals surface area contributed by atoms with Gasteiger partial charge in [0.05, 0.1) is 12.7 Å². The molecule has 0 aliphatic heterocycles. The molecule has 3 N–H and O–H groups in total. The van der Waals surface area contributed by atoms with E-state index in [2.05, 4.69) is 25.4 Å². The van der Waals surface area contributed by atoms with E-state index in [-0.39, 0.29) is 0 Å². The van der Waals surface area contributed by atoms with Gasteiger partial charge in [0.15, 0.2) is 5.82 Å². The van der Waals surface area contributed by atoms with E-state index in [9.17, 15) is 0 Å². The summed E-state index contributed by atoms with van der Waals surface area (Å²) < 4.78 is 10.2. The quantitative estimate of drug-likeness (QED) is 0.703. The van der Waals surface area contributed by atoms with Crippen molar-refractivity contribution in [2.45, 2.75) is 26.3 Å². The molecule has 2 heterocycles. The van der Waals surface area contributed by atoms with Crippen molar-refractivity contribution in [2.75, 3.05) is 19.4 Å². The predicted octanol–water partition coefficient (Wildman–Crippen LogP) is 0.481. The van der Waals surface area contributed by atoms with E-state index in [1.54, 1.807) is 14.0 Å². The summed E-state index contributed by atoms with van der Waals surface area (Å²) in [7, 11) is 1.56. The summed E-state index contributed by atoms with van der Waals surface area (Å²) in [6, 6.07) is 0. The molecule has 2 rings (SSSR count). The van der Waals surface area contributed by atoms with E-state index >= 15 is 0 Å². The highest BCUT2D eigenvalue weighted by Crippen LogP contribution is 2.18. The minimum Gasteiger partial charge on any atom is -0.481 e. The first kappa shape index (κ1) is 14.2. The van der Waals surface area contributed by atoms with Gasteiger partial charge in [0.2, 0.25) is 11.8 Å². The maximum atomic E-state index is 5.80. The van der Waals surface area contributed by atoms with E-state index in [1.807, 2.05) is 0 Å². The van der Waals surface area contributed by atoms with Crippen LogP contribution in [0, 0.1) is 6.92 Å². The average molecular weight is 278 g/mol. The maximum Gasteiger partial charge on any atom is 0.226 e. The molecule has 2 aromatic heterocycles. The van der Waals surface area contributed by atoms with Crippen LogP contribution >= 0.6 is 0 Å². The zero-order chi connectivity index (χ0) is 14.4. The molecule has 0 radical (unpaired) electrons. The highest BCUT2D eigenvalue weighted by Gasteiger charge is 2.09. The van der Waals surface area contributed by atoms with Crippen molar-refractivity contribution < 1.29 is 9.26 Å². The van der Waals surface area contributed by atoms with Gasteiger partial charge in [-0.3, -0.25) is 0 Å². The van der Waals surface area contributed by atoms with Crippen LogP contribution in [-0.2, 0) is 13.0 Å². The van der Waals surface area contributed by atoms with Crippen molar-refractivity contribution in [1.82, 2.24) is 25.4 Å². The van der Waals surface area contributed by atoms with Crippen molar-refractivity contribution >= 4 is 5.82 Å². The molecule has 0 aliphatic carbocycles. The van der Waals surface area contributed by atoms with Gasteiger partial charge >= 0.3 is 0 Å². The van der Waals surface area contributed by atoms with Gasteiger partial charge in [0, 0.05) is 13.0 Å². The molecular weight excluding hydrogens is 260 g/mol. The van der Waals surface area contributed by atoms with Crippen molar-refractivity contribution in [3.63, 3.8) is 0 Å². The van der Waals surface area contributed by atoms with Crippen LogP contribution in [0.15, 0.2) is 10.9 Å². The van der Waals surface area contributed by atoms with E-state index in [0.29, 0.717) is 30.0 Å². The first-order chi connectivity index (χ1) is 9.70. The molecule has 0 atom stereocenters. The van der Waals surface area contributed by atoms with Crippen LogP contribution in [0.4, 0.5) is 5.82 Å². The van der Waals surface area contributed by atoms with Crippen LogP contribution < -0.4 is 15.8 Å². The van der Waals surface area contributed by atoms with Gasteiger partial charge in [-0.15, -0.1) is 0 Å². The van der Waals surface area contributed by atoms with E-state index in [1.165, 1.54) is 6.33 Å². The third-order valence-corrected chi connectivity index (χ3v) is 2.75. The smallest absolute Gasteiger partial charge is 0.226 e. The third-order valence-electron chi connectivity index (χ3n) is 2.75. The van der Waals surface area contributed by atoms with Crippen molar-refractivity contribution in [2.24, 2.45) is 0 Å². The molecule has 0 aromatic carbocycles. The molecule has 20 heavy (non-hydrogen) atoms. The van der Waals surface area contributed by atoms with Crippen molar-refractivity contribution in [1.29, 1.82) is 0 Å². The number of methoxy groups -OCH3 is 1. The van der Waals surface area contributed by atoms with E-state index < -0.39 is 0 Å². The number of aromatic nitrogens is 4. The first-order valence-corrected chi connectivity index (χ1v) is 6.34. The number of anilines is 1. The molecular formula is C12H18N6O2. The second kappa shape index (κ2) is 6.80. The lowest BCUT2D eigenvalue weighted by Gasteiger charge is -2.09. The summed E-state index contributed by atoms with van der Waals surface area (Å²) in [6.07, 6.45) is 3.01. The number of nitrogen functional groups attached to an aromatic ring is 1. The lowest BCUT2D eigenvalue weighted by molar-refractivity contribution is 0.370. The Labute approximate surface area is 116 Å². The zero-order valence-corrected chi connectivity index (χ0v) is 11.6. The van der Waals surface area contributed by atoms with Gasteiger partial charge in [-0.05, 0) is 19.9 Å². The molecule has 0 saturated heterocycles. The monoisotopic (exact) mass is 278 g/mol. The van der Waals surface area contributed by atoms with Crippen LogP contribution in [-0.4, -0.2) is 33.8 Å². The minimum absolute atomic E-state index is 0.428. The number of nitrogens with two attached hydrogens (primary N) is 1. The third kappa shape index (κ3) is 3.64. The molecule has 8 nitrogen and oxygen atoms in total. The Morgan fingerprint density at radius 3 is 2.95 bits per heavy atom. The molecule has 0 amide bonds. The Morgan fingerprint density at radius 1 is 1.40 bits per heavy atom. The standard InChI is InChI=1S/C12H18N6O2/c1-8-17-10(20-18-8)4-3-5-14-6-9-11(13)15-7-16-12(9)19-2/h7,14H,3-6H2,1-2H3,(H2,13,15,16). The fourth-order valence-corrected chi connectivity index (χ4v) is 1.77. The van der Waals surface area contributed by atoms with Crippen LogP contribution in [0.1, 0.15) is 23.7 Å². The molecule has 108 valence electrons. The first-order valence-electron chi connectivity index (χ1n) is 6.34. The predicted molar refractivity (Wildman–Crippen MR) is 72.1 cm³/mol. The molecule has 0 aliphatic rings. The number of aryl methyl sites for hydroxylation is 2. The molecule has 0 saturated carbocycles.